The van der Waals surface area contributed by atoms with Gasteiger partial charge < -0.3 is 24.5 Å². The Morgan fingerprint density at radius 3 is 2.62 bits per heavy atom. The molecule has 4 aromatic rings. The Hall–Kier alpha value is -3.46. The number of imidazole rings is 2. The van der Waals surface area contributed by atoms with Gasteiger partial charge in [0.05, 0.1) is 42.0 Å². The van der Waals surface area contributed by atoms with Crippen molar-refractivity contribution in [1.82, 2.24) is 19.9 Å². The van der Waals surface area contributed by atoms with Crippen molar-refractivity contribution in [3.05, 3.63) is 54.0 Å². The average molecular weight is 410 g/mol. The second kappa shape index (κ2) is 7.88. The van der Waals surface area contributed by atoms with Crippen molar-refractivity contribution in [2.75, 3.05) is 20.0 Å². The number of carbonyl (C=O) groups excluding carboxylic acids is 1. The number of para-hydroxylation sites is 2. The number of aromatic nitrogens is 4. The molecular formula is C20H18N4O4S. The van der Waals surface area contributed by atoms with Crippen LogP contribution >= 0.6 is 11.8 Å². The van der Waals surface area contributed by atoms with Crippen molar-refractivity contribution in [2.45, 2.75) is 5.16 Å². The number of benzene rings is 2. The van der Waals surface area contributed by atoms with Crippen molar-refractivity contribution in [3.8, 4) is 5.75 Å². The number of ether oxygens (including phenoxy) is 2. The van der Waals surface area contributed by atoms with Crippen LogP contribution in [0.2, 0.25) is 0 Å². The number of H-pyrrole nitrogens is 2. The van der Waals surface area contributed by atoms with Crippen molar-refractivity contribution < 1.29 is 19.4 Å². The van der Waals surface area contributed by atoms with Gasteiger partial charge in [-0.25, -0.2) is 14.8 Å². The highest BCUT2D eigenvalue weighted by Gasteiger charge is 2.22. The number of aliphatic hydroxyl groups is 1. The lowest BCUT2D eigenvalue weighted by molar-refractivity contribution is -0.133. The first kappa shape index (κ1) is 18.9. The summed E-state index contributed by atoms with van der Waals surface area (Å²) in [7, 11) is 2.86. The van der Waals surface area contributed by atoms with Crippen LogP contribution in [0.1, 0.15) is 5.82 Å². The Balaban J connectivity index is 1.62. The smallest absolute Gasteiger partial charge is 0.345 e. The molecule has 0 aliphatic carbocycles. The maximum Gasteiger partial charge on any atom is 0.345 e. The first-order chi connectivity index (χ1) is 14.1. The molecule has 0 spiro atoms. The fourth-order valence-electron chi connectivity index (χ4n) is 2.89. The summed E-state index contributed by atoms with van der Waals surface area (Å²) in [5, 5.41) is 11.2. The van der Waals surface area contributed by atoms with Gasteiger partial charge in [-0.05, 0) is 24.3 Å². The van der Waals surface area contributed by atoms with Crippen LogP contribution < -0.4 is 4.74 Å². The van der Waals surface area contributed by atoms with Crippen LogP contribution in [-0.4, -0.2) is 51.0 Å². The van der Waals surface area contributed by atoms with Gasteiger partial charge in [-0.2, -0.15) is 0 Å². The summed E-state index contributed by atoms with van der Waals surface area (Å²) in [6.45, 7) is 0. The van der Waals surface area contributed by atoms with Crippen LogP contribution in [0.3, 0.4) is 0 Å². The molecule has 0 amide bonds. The van der Waals surface area contributed by atoms with Crippen molar-refractivity contribution in [2.24, 2.45) is 0 Å². The molecule has 8 nitrogen and oxygen atoms in total. The molecular weight excluding hydrogens is 392 g/mol. The highest BCUT2D eigenvalue weighted by atomic mass is 32.2. The van der Waals surface area contributed by atoms with E-state index in [2.05, 4.69) is 19.9 Å². The van der Waals surface area contributed by atoms with E-state index >= 15 is 0 Å². The van der Waals surface area contributed by atoms with E-state index in [1.165, 1.54) is 18.9 Å². The molecule has 4 rings (SSSR count). The first-order valence-corrected chi connectivity index (χ1v) is 9.69. The van der Waals surface area contributed by atoms with E-state index in [1.54, 1.807) is 7.11 Å². The van der Waals surface area contributed by atoms with Crippen LogP contribution in [0.25, 0.3) is 27.6 Å². The van der Waals surface area contributed by atoms with E-state index < -0.39 is 5.97 Å². The molecule has 0 radical (unpaired) electrons. The Morgan fingerprint density at radius 1 is 1.07 bits per heavy atom. The van der Waals surface area contributed by atoms with Gasteiger partial charge in [-0.3, -0.25) is 0 Å². The van der Waals surface area contributed by atoms with Gasteiger partial charge in [0.25, 0.3) is 0 Å². The average Bonchev–Trinajstić information content (AvgIpc) is 3.34. The summed E-state index contributed by atoms with van der Waals surface area (Å²) in [6, 6.07) is 12.9. The summed E-state index contributed by atoms with van der Waals surface area (Å²) in [4.78, 5) is 27.4. The van der Waals surface area contributed by atoms with Crippen LogP contribution in [0, 0.1) is 0 Å². The number of thioether (sulfide) groups is 1. The summed E-state index contributed by atoms with van der Waals surface area (Å²) >= 11 is 1.26. The quantitative estimate of drug-likeness (QED) is 0.192. The Bertz CT molecular complexity index is 1190. The summed E-state index contributed by atoms with van der Waals surface area (Å²) in [5.41, 5.74) is 3.04. The SMILES string of the molecule is COC(=O)/C(=C(/O)CSc1nc2ccc(OC)cc2[nH]1)c1nc2ccccc2[nH]1. The highest BCUT2D eigenvalue weighted by molar-refractivity contribution is 7.99. The number of carbonyl (C=O) groups is 1. The molecule has 0 atom stereocenters. The Labute approximate surface area is 170 Å². The third-order valence-electron chi connectivity index (χ3n) is 4.32. The second-order valence-corrected chi connectivity index (χ2v) is 7.09. The predicted octanol–water partition coefficient (Wildman–Crippen LogP) is 3.68. The zero-order valence-electron chi connectivity index (χ0n) is 15.7. The molecule has 0 aliphatic rings. The summed E-state index contributed by atoms with van der Waals surface area (Å²) < 4.78 is 10.1. The van der Waals surface area contributed by atoms with Crippen molar-refractivity contribution in [3.63, 3.8) is 0 Å². The fourth-order valence-corrected chi connectivity index (χ4v) is 3.66. The van der Waals surface area contributed by atoms with E-state index in [4.69, 9.17) is 9.47 Å². The third-order valence-corrected chi connectivity index (χ3v) is 5.20. The van der Waals surface area contributed by atoms with Crippen molar-refractivity contribution >= 4 is 45.4 Å². The molecule has 0 saturated heterocycles. The number of rotatable bonds is 6. The number of esters is 1. The number of hydrogen-bond acceptors (Lipinski definition) is 7. The van der Waals surface area contributed by atoms with Crippen LogP contribution in [0.15, 0.2) is 53.4 Å². The van der Waals surface area contributed by atoms with Gasteiger partial charge in [0, 0.05) is 6.07 Å². The lowest BCUT2D eigenvalue weighted by atomic mass is 10.2. The van der Waals surface area contributed by atoms with E-state index in [0.717, 1.165) is 22.3 Å². The number of aliphatic hydroxyl groups excluding tert-OH is 1. The predicted molar refractivity (Wildman–Crippen MR) is 111 cm³/mol. The summed E-state index contributed by atoms with van der Waals surface area (Å²) in [5.74, 6) is 0.262. The second-order valence-electron chi connectivity index (χ2n) is 6.13. The van der Waals surface area contributed by atoms with E-state index in [-0.39, 0.29) is 22.9 Å². The highest BCUT2D eigenvalue weighted by Crippen LogP contribution is 2.27. The normalized spacial score (nSPS) is 12.2. The molecule has 148 valence electrons. The van der Waals surface area contributed by atoms with Crippen molar-refractivity contribution in [1.29, 1.82) is 0 Å². The van der Waals surface area contributed by atoms with Gasteiger partial charge in [-0.1, -0.05) is 23.9 Å². The first-order valence-electron chi connectivity index (χ1n) is 8.71. The number of nitrogens with one attached hydrogen (secondary N) is 2. The molecule has 2 aromatic carbocycles. The minimum atomic E-state index is -0.670. The molecule has 2 aromatic heterocycles. The molecule has 2 heterocycles. The molecule has 0 saturated carbocycles. The van der Waals surface area contributed by atoms with Gasteiger partial charge in [0.2, 0.25) is 0 Å². The number of nitrogens with zero attached hydrogens (tertiary/aromatic N) is 2. The zero-order valence-corrected chi connectivity index (χ0v) is 16.5. The van der Waals surface area contributed by atoms with E-state index in [9.17, 15) is 9.90 Å². The molecule has 0 bridgehead atoms. The van der Waals surface area contributed by atoms with Gasteiger partial charge in [-0.15, -0.1) is 0 Å². The van der Waals surface area contributed by atoms with Gasteiger partial charge >= 0.3 is 5.97 Å². The molecule has 0 aliphatic heterocycles. The standard InChI is InChI=1S/C20H18N4O4S/c1-27-11-7-8-14-15(9-11)24-20(23-14)29-10-16(25)17(19(26)28-2)18-21-12-5-3-4-6-13(12)22-18/h3-9,25H,10H2,1-2H3,(H,21,22)(H,23,24)/b17-16+. The monoisotopic (exact) mass is 410 g/mol. The number of hydrogen-bond donors (Lipinski definition) is 3. The minimum absolute atomic E-state index is 0.00557. The maximum absolute atomic E-state index is 12.3. The van der Waals surface area contributed by atoms with Gasteiger partial charge in [0.15, 0.2) is 5.16 Å². The maximum atomic E-state index is 12.3. The summed E-state index contributed by atoms with van der Waals surface area (Å²) in [6.07, 6.45) is 0. The molecule has 0 fully saturated rings. The van der Waals surface area contributed by atoms with E-state index in [1.807, 2.05) is 42.5 Å². The zero-order chi connectivity index (χ0) is 20.4. The lowest BCUT2D eigenvalue weighted by Gasteiger charge is -2.06. The van der Waals surface area contributed by atoms with Crippen LogP contribution in [0.5, 0.6) is 5.75 Å². The lowest BCUT2D eigenvalue weighted by Crippen LogP contribution is -2.09. The number of aromatic amines is 2. The Morgan fingerprint density at radius 2 is 1.86 bits per heavy atom. The van der Waals surface area contributed by atoms with Gasteiger partial charge in [0.1, 0.15) is 22.9 Å². The van der Waals surface area contributed by atoms with Crippen LogP contribution in [0.4, 0.5) is 0 Å². The topological polar surface area (TPSA) is 113 Å². The molecule has 9 heteroatoms. The minimum Gasteiger partial charge on any atom is -0.510 e. The molecule has 3 N–H and O–H groups in total. The molecule has 0 unspecified atom stereocenters. The number of methoxy groups -OCH3 is 2. The van der Waals surface area contributed by atoms with Crippen LogP contribution in [-0.2, 0) is 9.53 Å². The largest absolute Gasteiger partial charge is 0.510 e. The molecule has 29 heavy (non-hydrogen) atoms. The Kier molecular flexibility index (Phi) is 5.13. The number of fused-ring (bicyclic) bond motifs is 2. The fraction of sp³-hybridized carbons (Fsp3) is 0.150. The third kappa shape index (κ3) is 3.77. The van der Waals surface area contributed by atoms with E-state index in [0.29, 0.717) is 10.7 Å².